The fraction of sp³-hybridized carbons (Fsp3) is 0.222. The van der Waals surface area contributed by atoms with Crippen LogP contribution in [0.3, 0.4) is 0 Å². The number of nitrogens with zero attached hydrogens (tertiary/aromatic N) is 1. The van der Waals surface area contributed by atoms with Crippen molar-refractivity contribution in [3.05, 3.63) is 71.8 Å². The average molecular weight is 297 g/mol. The van der Waals surface area contributed by atoms with Crippen LogP contribution in [0.15, 0.2) is 60.7 Å². The van der Waals surface area contributed by atoms with Crippen LogP contribution < -0.4 is 0 Å². The van der Waals surface area contributed by atoms with E-state index in [1.54, 1.807) is 6.92 Å². The van der Waals surface area contributed by atoms with Crippen molar-refractivity contribution in [2.45, 2.75) is 26.1 Å². The maximum Gasteiger partial charge on any atom is 0.411 e. The molecule has 0 aromatic heterocycles. The van der Waals surface area contributed by atoms with Crippen molar-refractivity contribution in [1.29, 1.82) is 0 Å². The van der Waals surface area contributed by atoms with Gasteiger partial charge in [0.25, 0.3) is 0 Å². The molecule has 0 aliphatic heterocycles. The third-order valence-corrected chi connectivity index (χ3v) is 3.32. The van der Waals surface area contributed by atoms with Crippen LogP contribution in [0, 0.1) is 0 Å². The van der Waals surface area contributed by atoms with Crippen molar-refractivity contribution in [3.8, 4) is 0 Å². The van der Waals surface area contributed by atoms with E-state index in [-0.39, 0.29) is 6.61 Å². The molecule has 0 N–H and O–H groups in total. The van der Waals surface area contributed by atoms with Crippen LogP contribution in [0.2, 0.25) is 0 Å². The molecule has 1 atom stereocenters. The lowest BCUT2D eigenvalue weighted by Gasteiger charge is -2.25. The van der Waals surface area contributed by atoms with Gasteiger partial charge < -0.3 is 9.53 Å². The highest BCUT2D eigenvalue weighted by Gasteiger charge is 2.21. The largest absolute Gasteiger partial charge is 0.445 e. The van der Waals surface area contributed by atoms with Gasteiger partial charge in [-0.05, 0) is 18.1 Å². The monoisotopic (exact) mass is 297 g/mol. The van der Waals surface area contributed by atoms with Crippen molar-refractivity contribution >= 4 is 12.4 Å². The summed E-state index contributed by atoms with van der Waals surface area (Å²) in [6.45, 7) is 2.21. The van der Waals surface area contributed by atoms with E-state index < -0.39 is 12.1 Å². The van der Waals surface area contributed by atoms with Crippen LogP contribution in [0.4, 0.5) is 4.79 Å². The third-order valence-electron chi connectivity index (χ3n) is 3.32. The molecule has 0 aliphatic carbocycles. The highest BCUT2D eigenvalue weighted by Crippen LogP contribution is 2.11. The molecule has 22 heavy (non-hydrogen) atoms. The normalized spacial score (nSPS) is 11.5. The fourth-order valence-electron chi connectivity index (χ4n) is 2.03. The van der Waals surface area contributed by atoms with Gasteiger partial charge in [-0.15, -0.1) is 0 Å². The Morgan fingerprint density at radius 2 is 1.59 bits per heavy atom. The number of rotatable bonds is 6. The van der Waals surface area contributed by atoms with Gasteiger partial charge in [0.05, 0.1) is 6.04 Å². The molecule has 2 aromatic carbocycles. The zero-order valence-corrected chi connectivity index (χ0v) is 12.5. The summed E-state index contributed by atoms with van der Waals surface area (Å²) >= 11 is 0. The van der Waals surface area contributed by atoms with Gasteiger partial charge in [0.1, 0.15) is 12.9 Å². The van der Waals surface area contributed by atoms with Gasteiger partial charge in [-0.2, -0.15) is 0 Å². The Hall–Kier alpha value is -2.62. The molecule has 0 radical (unpaired) electrons. The molecule has 1 amide bonds. The van der Waals surface area contributed by atoms with Crippen LogP contribution >= 0.6 is 0 Å². The zero-order chi connectivity index (χ0) is 15.8. The SMILES string of the molecule is C[C@@H](C=O)N(Cc1ccccc1)C(=O)OCc1ccccc1. The smallest absolute Gasteiger partial charge is 0.411 e. The number of hydrogen-bond acceptors (Lipinski definition) is 3. The van der Waals surface area contributed by atoms with Gasteiger partial charge in [-0.25, -0.2) is 4.79 Å². The number of hydrogen-bond donors (Lipinski definition) is 0. The molecular formula is C18H19NO3. The van der Waals surface area contributed by atoms with E-state index >= 15 is 0 Å². The van der Waals surface area contributed by atoms with E-state index in [2.05, 4.69) is 0 Å². The predicted molar refractivity (Wildman–Crippen MR) is 84.1 cm³/mol. The summed E-state index contributed by atoms with van der Waals surface area (Å²) < 4.78 is 5.31. The van der Waals surface area contributed by atoms with Crippen LogP contribution in [0.5, 0.6) is 0 Å². The van der Waals surface area contributed by atoms with Gasteiger partial charge in [0, 0.05) is 6.54 Å². The Bertz CT molecular complexity index is 598. The highest BCUT2D eigenvalue weighted by atomic mass is 16.6. The topological polar surface area (TPSA) is 46.6 Å². The summed E-state index contributed by atoms with van der Waals surface area (Å²) in [4.78, 5) is 24.8. The minimum Gasteiger partial charge on any atom is -0.445 e. The number of benzene rings is 2. The van der Waals surface area contributed by atoms with E-state index in [0.717, 1.165) is 17.4 Å². The van der Waals surface area contributed by atoms with Gasteiger partial charge in [-0.1, -0.05) is 60.7 Å². The van der Waals surface area contributed by atoms with Crippen LogP contribution in [-0.2, 0) is 22.7 Å². The Balaban J connectivity index is 2.01. The first-order chi connectivity index (χ1) is 10.7. The van der Waals surface area contributed by atoms with E-state index in [0.29, 0.717) is 6.54 Å². The van der Waals surface area contributed by atoms with Crippen LogP contribution in [0.1, 0.15) is 18.1 Å². The molecule has 0 heterocycles. The Morgan fingerprint density at radius 3 is 2.14 bits per heavy atom. The molecule has 0 spiro atoms. The molecule has 4 nitrogen and oxygen atoms in total. The molecule has 2 rings (SSSR count). The third kappa shape index (κ3) is 4.45. The van der Waals surface area contributed by atoms with Crippen LogP contribution in [-0.4, -0.2) is 23.3 Å². The number of carbonyl (C=O) groups excluding carboxylic acids is 2. The van der Waals surface area contributed by atoms with Crippen molar-refractivity contribution < 1.29 is 14.3 Å². The molecular weight excluding hydrogens is 278 g/mol. The molecule has 0 fully saturated rings. The van der Waals surface area contributed by atoms with Crippen molar-refractivity contribution in [2.75, 3.05) is 0 Å². The Labute approximate surface area is 130 Å². The lowest BCUT2D eigenvalue weighted by Crippen LogP contribution is -2.39. The Morgan fingerprint density at radius 1 is 1.05 bits per heavy atom. The summed E-state index contributed by atoms with van der Waals surface area (Å²) in [5.41, 5.74) is 1.86. The first kappa shape index (κ1) is 15.8. The standard InChI is InChI=1S/C18H19NO3/c1-15(13-20)19(12-16-8-4-2-5-9-16)18(21)22-14-17-10-6-3-7-11-17/h2-11,13,15H,12,14H2,1H3/t15-/m0/s1. The van der Waals surface area contributed by atoms with E-state index in [4.69, 9.17) is 4.74 Å². The second-order valence-corrected chi connectivity index (χ2v) is 5.03. The van der Waals surface area contributed by atoms with Gasteiger partial charge in [0.15, 0.2) is 0 Å². The second-order valence-electron chi connectivity index (χ2n) is 5.03. The van der Waals surface area contributed by atoms with E-state index in [9.17, 15) is 9.59 Å². The molecule has 114 valence electrons. The first-order valence-electron chi connectivity index (χ1n) is 7.17. The summed E-state index contributed by atoms with van der Waals surface area (Å²) in [5.74, 6) is 0. The van der Waals surface area contributed by atoms with Gasteiger partial charge >= 0.3 is 6.09 Å². The predicted octanol–water partition coefficient (Wildman–Crippen LogP) is 3.41. The first-order valence-corrected chi connectivity index (χ1v) is 7.17. The molecule has 0 saturated heterocycles. The maximum absolute atomic E-state index is 12.3. The molecule has 0 saturated carbocycles. The number of carbonyl (C=O) groups is 2. The van der Waals surface area contributed by atoms with Gasteiger partial charge in [0.2, 0.25) is 0 Å². The number of aldehydes is 1. The zero-order valence-electron chi connectivity index (χ0n) is 12.5. The quantitative estimate of drug-likeness (QED) is 0.768. The molecule has 4 heteroatoms. The lowest BCUT2D eigenvalue weighted by atomic mass is 10.2. The molecule has 0 unspecified atom stereocenters. The molecule has 2 aromatic rings. The van der Waals surface area contributed by atoms with Crippen molar-refractivity contribution in [2.24, 2.45) is 0 Å². The maximum atomic E-state index is 12.3. The average Bonchev–Trinajstić information content (AvgIpc) is 2.58. The number of amides is 1. The lowest BCUT2D eigenvalue weighted by molar-refractivity contribution is -0.111. The second kappa shape index (κ2) is 7.98. The van der Waals surface area contributed by atoms with Gasteiger partial charge in [-0.3, -0.25) is 4.90 Å². The van der Waals surface area contributed by atoms with Crippen LogP contribution in [0.25, 0.3) is 0 Å². The minimum atomic E-state index is -0.538. The summed E-state index contributed by atoms with van der Waals surface area (Å²) in [6.07, 6.45) is 0.250. The van der Waals surface area contributed by atoms with Crippen molar-refractivity contribution in [1.82, 2.24) is 4.90 Å². The molecule has 0 aliphatic rings. The summed E-state index contributed by atoms with van der Waals surface area (Å²) in [6, 6.07) is 18.4. The fourth-order valence-corrected chi connectivity index (χ4v) is 2.03. The number of ether oxygens (including phenoxy) is 1. The van der Waals surface area contributed by atoms with E-state index in [1.165, 1.54) is 4.90 Å². The summed E-state index contributed by atoms with van der Waals surface area (Å²) in [7, 11) is 0. The van der Waals surface area contributed by atoms with Crippen molar-refractivity contribution in [3.63, 3.8) is 0 Å². The highest BCUT2D eigenvalue weighted by molar-refractivity contribution is 5.73. The minimum absolute atomic E-state index is 0.191. The Kier molecular flexibility index (Phi) is 5.72. The summed E-state index contributed by atoms with van der Waals surface area (Å²) in [5, 5.41) is 0. The molecule has 0 bridgehead atoms. The van der Waals surface area contributed by atoms with E-state index in [1.807, 2.05) is 60.7 Å².